The van der Waals surface area contributed by atoms with Gasteiger partial charge in [0.1, 0.15) is 0 Å². The van der Waals surface area contributed by atoms with E-state index in [0.29, 0.717) is 18.5 Å². The molecule has 1 aliphatic carbocycles. The first-order chi connectivity index (χ1) is 7.29. The van der Waals surface area contributed by atoms with E-state index in [-0.39, 0.29) is 0 Å². The van der Waals surface area contributed by atoms with Gasteiger partial charge in [0.25, 0.3) is 0 Å². The van der Waals surface area contributed by atoms with Crippen LogP contribution in [0.3, 0.4) is 0 Å². The van der Waals surface area contributed by atoms with Gasteiger partial charge in [0, 0.05) is 12.6 Å². The van der Waals surface area contributed by atoms with Gasteiger partial charge in [0.05, 0.1) is 6.54 Å². The highest BCUT2D eigenvalue weighted by atomic mass is 16.2. The molecule has 0 atom stereocenters. The van der Waals surface area contributed by atoms with Gasteiger partial charge in [-0.15, -0.1) is 0 Å². The number of nitrogens with zero attached hydrogens (tertiary/aromatic N) is 1. The molecule has 3 heteroatoms. The van der Waals surface area contributed by atoms with Crippen molar-refractivity contribution in [2.24, 2.45) is 0 Å². The molecule has 0 unspecified atom stereocenters. The lowest BCUT2D eigenvalue weighted by Crippen LogP contribution is -2.40. The fourth-order valence-corrected chi connectivity index (χ4v) is 1.70. The summed E-state index contributed by atoms with van der Waals surface area (Å²) in [5.41, 5.74) is 0. The zero-order valence-electron chi connectivity index (χ0n) is 10.1. The zero-order chi connectivity index (χ0) is 11.1. The normalized spacial score (nSPS) is 15.3. The Morgan fingerprint density at radius 1 is 1.33 bits per heavy atom. The standard InChI is InChI=1S/C12H24N2O/c1-3-5-9-14(11-6-7-11)12(15)10-13-8-4-2/h11,13H,3-10H2,1-2H3. The Bertz CT molecular complexity index is 190. The lowest BCUT2D eigenvalue weighted by molar-refractivity contribution is -0.130. The summed E-state index contributed by atoms with van der Waals surface area (Å²) in [6.45, 7) is 6.71. The molecule has 0 saturated heterocycles. The summed E-state index contributed by atoms with van der Waals surface area (Å²) in [7, 11) is 0. The Morgan fingerprint density at radius 2 is 2.07 bits per heavy atom. The second-order valence-corrected chi connectivity index (χ2v) is 4.35. The number of hydrogen-bond donors (Lipinski definition) is 1. The molecular formula is C12H24N2O. The Balaban J connectivity index is 2.24. The molecule has 15 heavy (non-hydrogen) atoms. The van der Waals surface area contributed by atoms with E-state index in [2.05, 4.69) is 24.1 Å². The number of hydrogen-bond acceptors (Lipinski definition) is 2. The molecule has 0 aliphatic heterocycles. The third-order valence-electron chi connectivity index (χ3n) is 2.76. The molecule has 1 amide bonds. The van der Waals surface area contributed by atoms with Gasteiger partial charge in [-0.25, -0.2) is 0 Å². The Labute approximate surface area is 93.2 Å². The van der Waals surface area contributed by atoms with Crippen LogP contribution in [-0.4, -0.2) is 36.5 Å². The van der Waals surface area contributed by atoms with Crippen LogP contribution in [0.2, 0.25) is 0 Å². The Kier molecular flexibility index (Phi) is 5.69. The number of nitrogens with one attached hydrogen (secondary N) is 1. The van der Waals surface area contributed by atoms with E-state index >= 15 is 0 Å². The van der Waals surface area contributed by atoms with Gasteiger partial charge in [-0.1, -0.05) is 20.3 Å². The topological polar surface area (TPSA) is 32.3 Å². The number of carbonyl (C=O) groups excluding carboxylic acids is 1. The van der Waals surface area contributed by atoms with E-state index in [1.54, 1.807) is 0 Å². The minimum absolute atomic E-state index is 0.291. The van der Waals surface area contributed by atoms with Crippen molar-refractivity contribution in [3.05, 3.63) is 0 Å². The fraction of sp³-hybridized carbons (Fsp3) is 0.917. The summed E-state index contributed by atoms with van der Waals surface area (Å²) in [5, 5.41) is 3.18. The van der Waals surface area contributed by atoms with Crippen LogP contribution >= 0.6 is 0 Å². The van der Waals surface area contributed by atoms with Gasteiger partial charge >= 0.3 is 0 Å². The van der Waals surface area contributed by atoms with E-state index in [1.165, 1.54) is 19.3 Å². The largest absolute Gasteiger partial charge is 0.339 e. The molecule has 0 aromatic rings. The molecule has 0 aromatic heterocycles. The van der Waals surface area contributed by atoms with Gasteiger partial charge in [0.15, 0.2) is 0 Å². The third kappa shape index (κ3) is 4.65. The van der Waals surface area contributed by atoms with Crippen molar-refractivity contribution in [1.29, 1.82) is 0 Å². The number of rotatable bonds is 8. The quantitative estimate of drug-likeness (QED) is 0.622. The number of carbonyl (C=O) groups is 1. The highest BCUT2D eigenvalue weighted by Crippen LogP contribution is 2.27. The average molecular weight is 212 g/mol. The minimum Gasteiger partial charge on any atom is -0.339 e. The maximum Gasteiger partial charge on any atom is 0.236 e. The summed E-state index contributed by atoms with van der Waals surface area (Å²) >= 11 is 0. The van der Waals surface area contributed by atoms with Crippen LogP contribution in [0.1, 0.15) is 46.0 Å². The van der Waals surface area contributed by atoms with Crippen molar-refractivity contribution in [3.63, 3.8) is 0 Å². The maximum absolute atomic E-state index is 11.9. The van der Waals surface area contributed by atoms with Crippen molar-refractivity contribution in [1.82, 2.24) is 10.2 Å². The van der Waals surface area contributed by atoms with Crippen LogP contribution < -0.4 is 5.32 Å². The summed E-state index contributed by atoms with van der Waals surface area (Å²) in [6.07, 6.45) is 5.81. The molecule has 0 heterocycles. The fourth-order valence-electron chi connectivity index (χ4n) is 1.70. The van der Waals surface area contributed by atoms with E-state index in [0.717, 1.165) is 25.9 Å². The molecule has 88 valence electrons. The van der Waals surface area contributed by atoms with Crippen molar-refractivity contribution in [2.75, 3.05) is 19.6 Å². The third-order valence-corrected chi connectivity index (χ3v) is 2.76. The Morgan fingerprint density at radius 3 is 2.60 bits per heavy atom. The highest BCUT2D eigenvalue weighted by molar-refractivity contribution is 5.78. The summed E-state index contributed by atoms with van der Waals surface area (Å²) in [6, 6.07) is 0.562. The van der Waals surface area contributed by atoms with E-state index in [1.807, 2.05) is 0 Å². The van der Waals surface area contributed by atoms with E-state index < -0.39 is 0 Å². The SMILES string of the molecule is CCCCN(C(=O)CNCCC)C1CC1. The van der Waals surface area contributed by atoms with Crippen LogP contribution in [0.5, 0.6) is 0 Å². The lowest BCUT2D eigenvalue weighted by atomic mass is 10.3. The molecule has 1 aliphatic rings. The van der Waals surface area contributed by atoms with Gasteiger partial charge in [-0.05, 0) is 32.2 Å². The molecule has 3 nitrogen and oxygen atoms in total. The lowest BCUT2D eigenvalue weighted by Gasteiger charge is -2.22. The highest BCUT2D eigenvalue weighted by Gasteiger charge is 2.31. The van der Waals surface area contributed by atoms with Crippen LogP contribution in [-0.2, 0) is 4.79 Å². The first kappa shape index (κ1) is 12.5. The molecule has 0 spiro atoms. The van der Waals surface area contributed by atoms with Crippen molar-refractivity contribution in [2.45, 2.75) is 52.0 Å². The van der Waals surface area contributed by atoms with E-state index in [9.17, 15) is 4.79 Å². The number of unbranched alkanes of at least 4 members (excludes halogenated alkanes) is 1. The summed E-state index contributed by atoms with van der Waals surface area (Å²) in [4.78, 5) is 13.9. The smallest absolute Gasteiger partial charge is 0.236 e. The first-order valence-electron chi connectivity index (χ1n) is 6.29. The second kappa shape index (κ2) is 6.83. The molecule has 1 rings (SSSR count). The summed E-state index contributed by atoms with van der Waals surface area (Å²) in [5.74, 6) is 0.291. The monoisotopic (exact) mass is 212 g/mol. The number of amides is 1. The minimum atomic E-state index is 0.291. The van der Waals surface area contributed by atoms with Crippen molar-refractivity contribution >= 4 is 5.91 Å². The van der Waals surface area contributed by atoms with Crippen LogP contribution in [0.4, 0.5) is 0 Å². The maximum atomic E-state index is 11.9. The second-order valence-electron chi connectivity index (χ2n) is 4.35. The first-order valence-corrected chi connectivity index (χ1v) is 6.29. The molecule has 1 saturated carbocycles. The molecule has 0 bridgehead atoms. The van der Waals surface area contributed by atoms with E-state index in [4.69, 9.17) is 0 Å². The van der Waals surface area contributed by atoms with Gasteiger partial charge in [-0.2, -0.15) is 0 Å². The molecule has 1 N–H and O–H groups in total. The van der Waals surface area contributed by atoms with Crippen molar-refractivity contribution in [3.8, 4) is 0 Å². The van der Waals surface area contributed by atoms with Crippen LogP contribution in [0.25, 0.3) is 0 Å². The predicted octanol–water partition coefficient (Wildman–Crippen LogP) is 1.78. The van der Waals surface area contributed by atoms with Crippen LogP contribution in [0.15, 0.2) is 0 Å². The van der Waals surface area contributed by atoms with Gasteiger partial charge < -0.3 is 10.2 Å². The predicted molar refractivity (Wildman–Crippen MR) is 62.8 cm³/mol. The molecule has 0 aromatic carbocycles. The van der Waals surface area contributed by atoms with Crippen molar-refractivity contribution < 1.29 is 4.79 Å². The summed E-state index contributed by atoms with van der Waals surface area (Å²) < 4.78 is 0. The Hall–Kier alpha value is -0.570. The molecule has 1 fully saturated rings. The van der Waals surface area contributed by atoms with Gasteiger partial charge in [-0.3, -0.25) is 4.79 Å². The average Bonchev–Trinajstić information content (AvgIpc) is 3.03. The zero-order valence-corrected chi connectivity index (χ0v) is 10.1. The van der Waals surface area contributed by atoms with Gasteiger partial charge in [0.2, 0.25) is 5.91 Å². The molecular weight excluding hydrogens is 188 g/mol. The van der Waals surface area contributed by atoms with Crippen LogP contribution in [0, 0.1) is 0 Å². The molecule has 0 radical (unpaired) electrons.